The van der Waals surface area contributed by atoms with Crippen molar-refractivity contribution in [2.75, 3.05) is 35.9 Å². The predicted octanol–water partition coefficient (Wildman–Crippen LogP) is 3.32. The maximum atomic E-state index is 14.0. The van der Waals surface area contributed by atoms with Gasteiger partial charge in [-0.15, -0.1) is 0 Å². The van der Waals surface area contributed by atoms with Gasteiger partial charge in [0.15, 0.2) is 0 Å². The molecule has 1 N–H and O–H groups in total. The fourth-order valence-corrected chi connectivity index (χ4v) is 4.66. The van der Waals surface area contributed by atoms with Gasteiger partial charge in [-0.2, -0.15) is 0 Å². The zero-order chi connectivity index (χ0) is 19.7. The number of fused-ring (bicyclic) bond motifs is 1. The smallest absolute Gasteiger partial charge is 0.262 e. The molecule has 146 valence electrons. The number of anilines is 2. The van der Waals surface area contributed by atoms with Crippen LogP contribution in [0.5, 0.6) is 0 Å². The topological polar surface area (TPSA) is 71.5 Å². The van der Waals surface area contributed by atoms with Crippen LogP contribution in [0.3, 0.4) is 0 Å². The molecule has 8 heteroatoms. The van der Waals surface area contributed by atoms with E-state index in [9.17, 15) is 12.8 Å². The number of nitrogens with zero attached hydrogens (tertiary/aromatic N) is 2. The van der Waals surface area contributed by atoms with Crippen molar-refractivity contribution >= 4 is 32.3 Å². The van der Waals surface area contributed by atoms with Crippen LogP contribution in [0.1, 0.15) is 5.56 Å². The van der Waals surface area contributed by atoms with Crippen molar-refractivity contribution in [1.29, 1.82) is 0 Å². The highest BCUT2D eigenvalue weighted by molar-refractivity contribution is 7.93. The molecular weight excluding hydrogens is 381 g/mol. The Hall–Kier alpha value is -2.71. The Labute approximate surface area is 163 Å². The second-order valence-electron chi connectivity index (χ2n) is 6.65. The molecule has 1 saturated heterocycles. The van der Waals surface area contributed by atoms with Crippen LogP contribution in [-0.4, -0.2) is 39.7 Å². The SMILES string of the molecule is Cc1cc(N2CCOCC2)ccc1NS(=O)(=O)c1ccc(F)c2ncccc12. The molecule has 0 bridgehead atoms. The molecule has 0 amide bonds. The lowest BCUT2D eigenvalue weighted by atomic mass is 10.1. The quantitative estimate of drug-likeness (QED) is 0.726. The minimum absolute atomic E-state index is 0.00587. The molecule has 0 atom stereocenters. The number of aromatic nitrogens is 1. The second kappa shape index (κ2) is 7.37. The summed E-state index contributed by atoms with van der Waals surface area (Å²) in [7, 11) is -3.91. The average molecular weight is 401 g/mol. The number of pyridine rings is 1. The highest BCUT2D eigenvalue weighted by Gasteiger charge is 2.21. The number of benzene rings is 2. The number of rotatable bonds is 4. The lowest BCUT2D eigenvalue weighted by molar-refractivity contribution is 0.122. The van der Waals surface area contributed by atoms with E-state index in [4.69, 9.17) is 4.74 Å². The predicted molar refractivity (Wildman–Crippen MR) is 107 cm³/mol. The Bertz CT molecular complexity index is 1130. The molecular formula is C20H20FN3O3S. The molecule has 6 nitrogen and oxygen atoms in total. The van der Waals surface area contributed by atoms with E-state index in [1.54, 1.807) is 18.2 Å². The van der Waals surface area contributed by atoms with Gasteiger partial charge in [-0.25, -0.2) is 12.8 Å². The summed E-state index contributed by atoms with van der Waals surface area (Å²) in [4.78, 5) is 6.16. The summed E-state index contributed by atoms with van der Waals surface area (Å²) in [5.41, 5.74) is 2.35. The van der Waals surface area contributed by atoms with E-state index >= 15 is 0 Å². The number of hydrogen-bond acceptors (Lipinski definition) is 5. The third-order valence-corrected chi connectivity index (χ3v) is 6.22. The van der Waals surface area contributed by atoms with Gasteiger partial charge in [0, 0.05) is 30.4 Å². The van der Waals surface area contributed by atoms with E-state index in [0.29, 0.717) is 18.9 Å². The van der Waals surface area contributed by atoms with Crippen molar-refractivity contribution in [3.63, 3.8) is 0 Å². The summed E-state index contributed by atoms with van der Waals surface area (Å²) in [6, 6.07) is 11.1. The summed E-state index contributed by atoms with van der Waals surface area (Å²) in [5, 5.41) is 0.248. The second-order valence-corrected chi connectivity index (χ2v) is 8.30. The monoisotopic (exact) mass is 401 g/mol. The number of halogens is 1. The highest BCUT2D eigenvalue weighted by atomic mass is 32.2. The summed E-state index contributed by atoms with van der Waals surface area (Å²) < 4.78 is 47.9. The molecule has 0 unspecified atom stereocenters. The maximum Gasteiger partial charge on any atom is 0.262 e. The van der Waals surface area contributed by atoms with Gasteiger partial charge in [-0.05, 0) is 55.0 Å². The van der Waals surface area contributed by atoms with E-state index in [2.05, 4.69) is 14.6 Å². The fraction of sp³-hybridized carbons (Fsp3) is 0.250. The van der Waals surface area contributed by atoms with Crippen LogP contribution in [-0.2, 0) is 14.8 Å². The zero-order valence-corrected chi connectivity index (χ0v) is 16.2. The van der Waals surface area contributed by atoms with Crippen LogP contribution in [0.15, 0.2) is 53.6 Å². The molecule has 1 aromatic heterocycles. The van der Waals surface area contributed by atoms with Crippen molar-refractivity contribution in [2.45, 2.75) is 11.8 Å². The van der Waals surface area contributed by atoms with Crippen molar-refractivity contribution in [1.82, 2.24) is 4.98 Å². The van der Waals surface area contributed by atoms with E-state index in [1.165, 1.54) is 12.3 Å². The highest BCUT2D eigenvalue weighted by Crippen LogP contribution is 2.28. The fourth-order valence-electron chi connectivity index (χ4n) is 3.33. The van der Waals surface area contributed by atoms with Crippen LogP contribution in [0.25, 0.3) is 10.9 Å². The number of nitrogens with one attached hydrogen (secondary N) is 1. The Morgan fingerprint density at radius 3 is 2.68 bits per heavy atom. The van der Waals surface area contributed by atoms with Gasteiger partial charge < -0.3 is 9.64 Å². The first-order valence-electron chi connectivity index (χ1n) is 8.95. The first kappa shape index (κ1) is 18.6. The molecule has 2 aromatic carbocycles. The number of aryl methyl sites for hydroxylation is 1. The number of hydrogen-bond donors (Lipinski definition) is 1. The molecule has 0 aliphatic carbocycles. The third-order valence-electron chi connectivity index (χ3n) is 4.80. The lowest BCUT2D eigenvalue weighted by Crippen LogP contribution is -2.36. The minimum atomic E-state index is -3.91. The van der Waals surface area contributed by atoms with E-state index in [0.717, 1.165) is 30.4 Å². The van der Waals surface area contributed by atoms with Gasteiger partial charge >= 0.3 is 0 Å². The van der Waals surface area contributed by atoms with E-state index < -0.39 is 15.8 Å². The Morgan fingerprint density at radius 2 is 1.93 bits per heavy atom. The Kier molecular flexibility index (Phi) is 4.91. The molecule has 4 rings (SSSR count). The standard InChI is InChI=1S/C20H20FN3O3S/c1-14-13-15(24-9-11-27-12-10-24)4-6-18(14)23-28(25,26)19-7-5-17(21)20-16(19)3-2-8-22-20/h2-8,13,23H,9-12H2,1H3. The van der Waals surface area contributed by atoms with Gasteiger partial charge in [-0.3, -0.25) is 9.71 Å². The average Bonchev–Trinajstić information content (AvgIpc) is 2.70. The van der Waals surface area contributed by atoms with E-state index in [-0.39, 0.29) is 15.8 Å². The van der Waals surface area contributed by atoms with Gasteiger partial charge in [-0.1, -0.05) is 0 Å². The summed E-state index contributed by atoms with van der Waals surface area (Å²) in [5.74, 6) is -0.555. The zero-order valence-electron chi connectivity index (χ0n) is 15.4. The van der Waals surface area contributed by atoms with Crippen molar-refractivity contribution < 1.29 is 17.5 Å². The van der Waals surface area contributed by atoms with Crippen molar-refractivity contribution in [2.24, 2.45) is 0 Å². The molecule has 0 spiro atoms. The minimum Gasteiger partial charge on any atom is -0.378 e. The van der Waals surface area contributed by atoms with Gasteiger partial charge in [0.1, 0.15) is 11.3 Å². The molecule has 1 fully saturated rings. The molecule has 1 aliphatic heterocycles. The molecule has 1 aliphatic rings. The number of sulfonamides is 1. The number of ether oxygens (including phenoxy) is 1. The summed E-state index contributed by atoms with van der Waals surface area (Å²) in [6.45, 7) is 4.82. The lowest BCUT2D eigenvalue weighted by Gasteiger charge is -2.29. The summed E-state index contributed by atoms with van der Waals surface area (Å²) in [6.07, 6.45) is 1.43. The summed E-state index contributed by atoms with van der Waals surface area (Å²) >= 11 is 0. The van der Waals surface area contributed by atoms with Gasteiger partial charge in [0.25, 0.3) is 10.0 Å². The number of morpholine rings is 1. The maximum absolute atomic E-state index is 14.0. The largest absolute Gasteiger partial charge is 0.378 e. The van der Waals surface area contributed by atoms with Crippen LogP contribution >= 0.6 is 0 Å². The van der Waals surface area contributed by atoms with Crippen LogP contribution in [0.2, 0.25) is 0 Å². The molecule has 0 saturated carbocycles. The first-order chi connectivity index (χ1) is 13.5. The van der Waals surface area contributed by atoms with Crippen LogP contribution in [0.4, 0.5) is 15.8 Å². The molecule has 0 radical (unpaired) electrons. The van der Waals surface area contributed by atoms with Gasteiger partial charge in [0.05, 0.1) is 23.8 Å². The molecule has 28 heavy (non-hydrogen) atoms. The normalized spacial score (nSPS) is 15.0. The Morgan fingerprint density at radius 1 is 1.14 bits per heavy atom. The van der Waals surface area contributed by atoms with E-state index in [1.807, 2.05) is 19.1 Å². The van der Waals surface area contributed by atoms with Crippen LogP contribution in [0, 0.1) is 12.7 Å². The third kappa shape index (κ3) is 3.53. The van der Waals surface area contributed by atoms with Gasteiger partial charge in [0.2, 0.25) is 0 Å². The van der Waals surface area contributed by atoms with Crippen molar-refractivity contribution in [3.05, 3.63) is 60.0 Å². The first-order valence-corrected chi connectivity index (χ1v) is 10.4. The van der Waals surface area contributed by atoms with Crippen LogP contribution < -0.4 is 9.62 Å². The molecule has 2 heterocycles. The van der Waals surface area contributed by atoms with Crippen molar-refractivity contribution in [3.8, 4) is 0 Å². The molecule has 3 aromatic rings. The Balaban J connectivity index is 1.66.